The number of para-hydroxylation sites is 3. The topological polar surface area (TPSA) is 52.1 Å². The van der Waals surface area contributed by atoms with Crippen LogP contribution in [0.2, 0.25) is 0 Å². The van der Waals surface area contributed by atoms with Gasteiger partial charge in [-0.25, -0.2) is 9.97 Å². The van der Waals surface area contributed by atoms with E-state index in [9.17, 15) is 0 Å². The van der Waals surface area contributed by atoms with Crippen molar-refractivity contribution in [2.45, 2.75) is 0 Å². The van der Waals surface area contributed by atoms with Crippen LogP contribution in [-0.2, 0) is 0 Å². The molecule has 8 aromatic rings. The highest BCUT2D eigenvalue weighted by Crippen LogP contribution is 2.46. The van der Waals surface area contributed by atoms with Gasteiger partial charge in [-0.1, -0.05) is 97.1 Å². The summed E-state index contributed by atoms with van der Waals surface area (Å²) in [6.45, 7) is 0. The quantitative estimate of drug-likeness (QED) is 0.234. The second-order valence-electron chi connectivity index (χ2n) is 9.78. The Hall–Kier alpha value is -5.48. The molecular formula is C36H22N2O2. The second-order valence-corrected chi connectivity index (χ2v) is 9.78. The summed E-state index contributed by atoms with van der Waals surface area (Å²) < 4.78 is 12.8. The Balaban J connectivity index is 1.41. The molecule has 0 spiro atoms. The van der Waals surface area contributed by atoms with Crippen molar-refractivity contribution < 1.29 is 8.83 Å². The van der Waals surface area contributed by atoms with Crippen LogP contribution >= 0.6 is 0 Å². The van der Waals surface area contributed by atoms with Crippen molar-refractivity contribution >= 4 is 33.0 Å². The largest absolute Gasteiger partial charge is 0.455 e. The van der Waals surface area contributed by atoms with Crippen LogP contribution in [0, 0.1) is 0 Å². The zero-order valence-corrected chi connectivity index (χ0v) is 21.4. The Labute approximate surface area is 230 Å². The van der Waals surface area contributed by atoms with E-state index < -0.39 is 0 Å². The molecular weight excluding hydrogens is 492 g/mol. The number of pyridine rings is 1. The van der Waals surface area contributed by atoms with Gasteiger partial charge in [0.15, 0.2) is 5.58 Å². The molecule has 0 fully saturated rings. The van der Waals surface area contributed by atoms with Crippen molar-refractivity contribution in [1.82, 2.24) is 9.97 Å². The summed E-state index contributed by atoms with van der Waals surface area (Å²) in [5.74, 6) is 1.42. The lowest BCUT2D eigenvalue weighted by Crippen LogP contribution is -1.89. The van der Waals surface area contributed by atoms with Crippen LogP contribution in [0.15, 0.2) is 142 Å². The van der Waals surface area contributed by atoms with E-state index >= 15 is 0 Å². The van der Waals surface area contributed by atoms with Gasteiger partial charge in [-0.3, -0.25) is 0 Å². The number of aromatic nitrogens is 2. The minimum absolute atomic E-state index is 0.603. The van der Waals surface area contributed by atoms with Gasteiger partial charge in [-0.2, -0.15) is 0 Å². The highest BCUT2D eigenvalue weighted by atomic mass is 16.3. The summed E-state index contributed by atoms with van der Waals surface area (Å²) in [6, 6.07) is 44.9. The van der Waals surface area contributed by atoms with Crippen LogP contribution in [0.4, 0.5) is 0 Å². The number of benzene rings is 5. The minimum atomic E-state index is 0.603. The van der Waals surface area contributed by atoms with E-state index in [1.54, 1.807) is 0 Å². The first kappa shape index (κ1) is 22.5. The number of nitrogens with zero attached hydrogens (tertiary/aromatic N) is 2. The fourth-order valence-electron chi connectivity index (χ4n) is 5.43. The number of oxazole rings is 1. The standard InChI is InChI=1S/C36H22N2O2/c1-3-11-24(12-4-1)33-32-31(23-19-21-26(22-20-23)36-38-29-17-9-10-18-30(29)39-36)34(25-13-5-2-6-14-25)40-35(32)27-15-7-8-16-28(27)37-33/h1-22H. The molecule has 0 aliphatic carbocycles. The van der Waals surface area contributed by atoms with Crippen molar-refractivity contribution in [3.63, 3.8) is 0 Å². The van der Waals surface area contributed by atoms with Crippen LogP contribution in [-0.4, -0.2) is 9.97 Å². The number of rotatable bonds is 4. The Kier molecular flexibility index (Phi) is 5.10. The van der Waals surface area contributed by atoms with Crippen LogP contribution in [0.1, 0.15) is 0 Å². The Morgan fingerprint density at radius 2 is 1.07 bits per heavy atom. The highest BCUT2D eigenvalue weighted by molar-refractivity contribution is 6.16. The normalized spacial score (nSPS) is 11.5. The molecule has 0 unspecified atom stereocenters. The molecule has 4 nitrogen and oxygen atoms in total. The molecule has 0 radical (unpaired) electrons. The summed E-state index contributed by atoms with van der Waals surface area (Å²) in [6.07, 6.45) is 0. The molecule has 40 heavy (non-hydrogen) atoms. The molecule has 5 aromatic carbocycles. The molecule has 3 aromatic heterocycles. The molecule has 188 valence electrons. The minimum Gasteiger partial charge on any atom is -0.455 e. The van der Waals surface area contributed by atoms with Crippen LogP contribution < -0.4 is 0 Å². The predicted octanol–water partition coefficient (Wildman–Crippen LogP) is 9.79. The van der Waals surface area contributed by atoms with Gasteiger partial charge < -0.3 is 8.83 Å². The zero-order valence-electron chi connectivity index (χ0n) is 21.4. The van der Waals surface area contributed by atoms with E-state index in [2.05, 4.69) is 59.6 Å². The van der Waals surface area contributed by atoms with E-state index in [0.29, 0.717) is 5.89 Å². The van der Waals surface area contributed by atoms with Crippen molar-refractivity contribution in [1.29, 1.82) is 0 Å². The molecule has 0 atom stereocenters. The Morgan fingerprint density at radius 1 is 0.450 bits per heavy atom. The summed E-state index contributed by atoms with van der Waals surface area (Å²) in [5.41, 5.74) is 9.29. The van der Waals surface area contributed by atoms with Gasteiger partial charge in [0.1, 0.15) is 16.9 Å². The molecule has 0 saturated heterocycles. The molecule has 8 rings (SSSR count). The number of fused-ring (bicyclic) bond motifs is 4. The average molecular weight is 515 g/mol. The van der Waals surface area contributed by atoms with Crippen LogP contribution in [0.5, 0.6) is 0 Å². The highest BCUT2D eigenvalue weighted by Gasteiger charge is 2.24. The van der Waals surface area contributed by atoms with Crippen molar-refractivity contribution in [2.75, 3.05) is 0 Å². The third-order valence-corrected chi connectivity index (χ3v) is 7.32. The van der Waals surface area contributed by atoms with E-state index in [1.807, 2.05) is 78.9 Å². The predicted molar refractivity (Wildman–Crippen MR) is 161 cm³/mol. The van der Waals surface area contributed by atoms with E-state index in [-0.39, 0.29) is 0 Å². The Bertz CT molecular complexity index is 2110. The summed E-state index contributed by atoms with van der Waals surface area (Å²) in [5, 5.41) is 1.99. The van der Waals surface area contributed by atoms with Crippen LogP contribution in [0.25, 0.3) is 78.1 Å². The maximum Gasteiger partial charge on any atom is 0.227 e. The van der Waals surface area contributed by atoms with E-state index in [0.717, 1.165) is 72.2 Å². The monoisotopic (exact) mass is 514 g/mol. The molecule has 0 aliphatic heterocycles. The molecule has 0 amide bonds. The zero-order chi connectivity index (χ0) is 26.5. The molecule has 0 saturated carbocycles. The van der Waals surface area contributed by atoms with E-state index in [4.69, 9.17) is 13.8 Å². The average Bonchev–Trinajstić information content (AvgIpc) is 3.65. The summed E-state index contributed by atoms with van der Waals surface area (Å²) in [7, 11) is 0. The number of furan rings is 1. The molecule has 3 heterocycles. The van der Waals surface area contributed by atoms with Crippen molar-refractivity contribution in [2.24, 2.45) is 0 Å². The maximum atomic E-state index is 6.80. The summed E-state index contributed by atoms with van der Waals surface area (Å²) >= 11 is 0. The van der Waals surface area contributed by atoms with Crippen molar-refractivity contribution in [3.05, 3.63) is 133 Å². The fourth-order valence-corrected chi connectivity index (χ4v) is 5.43. The molecule has 0 aliphatic rings. The first-order valence-electron chi connectivity index (χ1n) is 13.3. The summed E-state index contributed by atoms with van der Waals surface area (Å²) in [4.78, 5) is 9.85. The van der Waals surface area contributed by atoms with Gasteiger partial charge >= 0.3 is 0 Å². The third kappa shape index (κ3) is 3.62. The fraction of sp³-hybridized carbons (Fsp3) is 0. The molecule has 4 heteroatoms. The van der Waals surface area contributed by atoms with Gasteiger partial charge in [0.2, 0.25) is 5.89 Å². The van der Waals surface area contributed by atoms with Gasteiger partial charge in [0.25, 0.3) is 0 Å². The first-order chi connectivity index (χ1) is 19.8. The van der Waals surface area contributed by atoms with Crippen molar-refractivity contribution in [3.8, 4) is 45.2 Å². The maximum absolute atomic E-state index is 6.80. The molecule has 0 N–H and O–H groups in total. The van der Waals surface area contributed by atoms with E-state index in [1.165, 1.54) is 0 Å². The lowest BCUT2D eigenvalue weighted by molar-refractivity contribution is 0.620. The van der Waals surface area contributed by atoms with Gasteiger partial charge in [-0.15, -0.1) is 0 Å². The number of hydrogen-bond donors (Lipinski definition) is 0. The SMILES string of the molecule is c1ccc(-c2oc3c(c(-c4ccccc4)nc4ccccc43)c2-c2ccc(-c3nc4ccccc4o3)cc2)cc1. The van der Waals surface area contributed by atoms with Gasteiger partial charge in [0, 0.05) is 27.6 Å². The Morgan fingerprint density at radius 3 is 1.82 bits per heavy atom. The second kappa shape index (κ2) is 9.07. The van der Waals surface area contributed by atoms with Gasteiger partial charge in [0.05, 0.1) is 16.6 Å². The lowest BCUT2D eigenvalue weighted by Gasteiger charge is -2.09. The lowest BCUT2D eigenvalue weighted by atomic mass is 9.94. The smallest absolute Gasteiger partial charge is 0.227 e. The van der Waals surface area contributed by atoms with Gasteiger partial charge in [-0.05, 0) is 42.0 Å². The third-order valence-electron chi connectivity index (χ3n) is 7.32. The molecule has 0 bridgehead atoms. The number of hydrogen-bond acceptors (Lipinski definition) is 4. The first-order valence-corrected chi connectivity index (χ1v) is 13.3. The van der Waals surface area contributed by atoms with Crippen LogP contribution in [0.3, 0.4) is 0 Å².